The zero-order valence-corrected chi connectivity index (χ0v) is 8.85. The second kappa shape index (κ2) is 3.64. The summed E-state index contributed by atoms with van der Waals surface area (Å²) in [5, 5.41) is 10.0. The molecule has 0 aromatic heterocycles. The Kier molecular flexibility index (Phi) is 2.99. The quantitative estimate of drug-likeness (QED) is 0.805. The Morgan fingerprint density at radius 2 is 2.17 bits per heavy atom. The highest BCUT2D eigenvalue weighted by Gasteiger charge is 2.12. The van der Waals surface area contributed by atoms with Gasteiger partial charge in [0.1, 0.15) is 5.75 Å². The Labute approximate surface area is 84.5 Å². The number of phenolic OH excluding ortho intramolecular Hbond substituents is 1. The van der Waals surface area contributed by atoms with Crippen LogP contribution in [0.25, 0.3) is 0 Å². The lowest BCUT2D eigenvalue weighted by Crippen LogP contribution is -2.06. The second-order valence-electron chi connectivity index (χ2n) is 2.58. The lowest BCUT2D eigenvalue weighted by atomic mass is 10.1. The van der Waals surface area contributed by atoms with Crippen LogP contribution in [0.3, 0.4) is 0 Å². The predicted molar refractivity (Wildman–Crippen MR) is 53.4 cm³/mol. The molecule has 0 radical (unpaired) electrons. The molecular weight excluding hydrogens is 241 g/mol. The summed E-state index contributed by atoms with van der Waals surface area (Å²) in [4.78, 5) is 0. The average Bonchev–Trinajstić information content (AvgIpc) is 1.97. The number of hydrogen-bond acceptors (Lipinski definition) is 2. The minimum atomic E-state index is -0.269. The summed E-state index contributed by atoms with van der Waals surface area (Å²) in [6, 6.07) is 3.11. The largest absolute Gasteiger partial charge is 0.506 e. The summed E-state index contributed by atoms with van der Waals surface area (Å²) < 4.78 is 0.610. The monoisotopic (exact) mass is 249 g/mol. The first-order valence-corrected chi connectivity index (χ1v) is 4.63. The zero-order valence-electron chi connectivity index (χ0n) is 6.51. The summed E-state index contributed by atoms with van der Waals surface area (Å²) >= 11 is 9.02. The summed E-state index contributed by atoms with van der Waals surface area (Å²) in [5.41, 5.74) is 6.19. The number of hydrogen-bond donors (Lipinski definition) is 2. The lowest BCUT2D eigenvalue weighted by molar-refractivity contribution is 0.460. The van der Waals surface area contributed by atoms with Gasteiger partial charge in [0.2, 0.25) is 0 Å². The van der Waals surface area contributed by atoms with E-state index in [0.717, 1.165) is 0 Å². The maximum atomic E-state index is 9.54. The van der Waals surface area contributed by atoms with Gasteiger partial charge in [0.25, 0.3) is 0 Å². The van der Waals surface area contributed by atoms with Crippen molar-refractivity contribution in [2.24, 2.45) is 5.73 Å². The van der Waals surface area contributed by atoms with E-state index in [9.17, 15) is 5.11 Å². The van der Waals surface area contributed by atoms with E-state index in [0.29, 0.717) is 15.1 Å². The van der Waals surface area contributed by atoms with E-state index in [1.165, 1.54) is 0 Å². The molecule has 0 heterocycles. The predicted octanol–water partition coefficient (Wildman–Crippen LogP) is 2.83. The first kappa shape index (κ1) is 9.84. The van der Waals surface area contributed by atoms with Gasteiger partial charge in [-0.3, -0.25) is 0 Å². The number of rotatable bonds is 1. The topological polar surface area (TPSA) is 46.2 Å². The molecule has 0 aliphatic heterocycles. The molecule has 0 saturated carbocycles. The van der Waals surface area contributed by atoms with Gasteiger partial charge in [-0.05, 0) is 35.0 Å². The minimum Gasteiger partial charge on any atom is -0.506 e. The summed E-state index contributed by atoms with van der Waals surface area (Å²) in [7, 11) is 0. The fourth-order valence-electron chi connectivity index (χ4n) is 0.990. The van der Waals surface area contributed by atoms with Crippen molar-refractivity contribution in [2.75, 3.05) is 0 Å². The van der Waals surface area contributed by atoms with Gasteiger partial charge >= 0.3 is 0 Å². The highest BCUT2D eigenvalue weighted by molar-refractivity contribution is 9.10. The molecule has 2 nitrogen and oxygen atoms in total. The Morgan fingerprint density at radius 3 is 2.58 bits per heavy atom. The third-order valence-corrected chi connectivity index (χ3v) is 2.54. The molecule has 0 aliphatic carbocycles. The molecule has 1 rings (SSSR count). The van der Waals surface area contributed by atoms with Crippen LogP contribution in [-0.2, 0) is 0 Å². The molecule has 12 heavy (non-hydrogen) atoms. The van der Waals surface area contributed by atoms with Gasteiger partial charge in [0, 0.05) is 16.6 Å². The van der Waals surface area contributed by atoms with Crippen LogP contribution in [0.5, 0.6) is 5.75 Å². The molecule has 1 aromatic carbocycles. The van der Waals surface area contributed by atoms with Gasteiger partial charge < -0.3 is 10.8 Å². The molecule has 0 saturated heterocycles. The van der Waals surface area contributed by atoms with Crippen LogP contribution in [0.1, 0.15) is 18.5 Å². The highest BCUT2D eigenvalue weighted by atomic mass is 79.9. The van der Waals surface area contributed by atoms with Crippen LogP contribution in [0.4, 0.5) is 0 Å². The molecule has 3 N–H and O–H groups in total. The van der Waals surface area contributed by atoms with Gasteiger partial charge in [-0.2, -0.15) is 0 Å². The van der Waals surface area contributed by atoms with Crippen molar-refractivity contribution in [1.82, 2.24) is 0 Å². The second-order valence-corrected chi connectivity index (χ2v) is 3.84. The zero-order chi connectivity index (χ0) is 9.30. The van der Waals surface area contributed by atoms with Crippen molar-refractivity contribution in [3.8, 4) is 5.75 Å². The smallest absolute Gasteiger partial charge is 0.136 e. The van der Waals surface area contributed by atoms with Crippen molar-refractivity contribution in [3.63, 3.8) is 0 Å². The fourth-order valence-corrected chi connectivity index (χ4v) is 1.66. The molecule has 0 bridgehead atoms. The first-order valence-electron chi connectivity index (χ1n) is 3.46. The Morgan fingerprint density at radius 1 is 1.58 bits per heavy atom. The van der Waals surface area contributed by atoms with E-state index in [2.05, 4.69) is 15.9 Å². The van der Waals surface area contributed by atoms with Crippen LogP contribution in [0.15, 0.2) is 16.6 Å². The standard InChI is InChI=1S/C8H9BrClNO/c1-4(11)7-6(10)3-2-5(9)8(7)12/h2-4,12H,11H2,1H3/t4-/m1/s1. The van der Waals surface area contributed by atoms with E-state index >= 15 is 0 Å². The van der Waals surface area contributed by atoms with Crippen molar-refractivity contribution in [2.45, 2.75) is 13.0 Å². The first-order chi connectivity index (χ1) is 5.54. The number of aromatic hydroxyl groups is 1. The molecule has 0 fully saturated rings. The SMILES string of the molecule is C[C@@H](N)c1c(Cl)ccc(Br)c1O. The molecule has 66 valence electrons. The third-order valence-electron chi connectivity index (χ3n) is 1.57. The Bertz CT molecular complexity index is 301. The van der Waals surface area contributed by atoms with E-state index in [1.807, 2.05) is 0 Å². The third kappa shape index (κ3) is 1.73. The van der Waals surface area contributed by atoms with E-state index in [4.69, 9.17) is 17.3 Å². The fraction of sp³-hybridized carbons (Fsp3) is 0.250. The van der Waals surface area contributed by atoms with Crippen LogP contribution in [0.2, 0.25) is 5.02 Å². The maximum absolute atomic E-state index is 9.54. The van der Waals surface area contributed by atoms with Gasteiger partial charge in [0.15, 0.2) is 0 Å². The Hall–Kier alpha value is -0.250. The molecular formula is C8H9BrClNO. The summed E-state index contributed by atoms with van der Waals surface area (Å²) in [5.74, 6) is 0.123. The van der Waals surface area contributed by atoms with E-state index in [1.54, 1.807) is 19.1 Å². The van der Waals surface area contributed by atoms with Gasteiger partial charge in [-0.25, -0.2) is 0 Å². The number of nitrogens with two attached hydrogens (primary N) is 1. The van der Waals surface area contributed by atoms with Crippen LogP contribution >= 0.6 is 27.5 Å². The van der Waals surface area contributed by atoms with Crippen LogP contribution < -0.4 is 5.73 Å². The van der Waals surface area contributed by atoms with Gasteiger partial charge in [0.05, 0.1) is 4.47 Å². The maximum Gasteiger partial charge on any atom is 0.136 e. The molecule has 0 spiro atoms. The molecule has 0 aliphatic rings. The number of halogens is 2. The Balaban J connectivity index is 3.33. The van der Waals surface area contributed by atoms with Crippen LogP contribution in [0, 0.1) is 0 Å². The number of benzene rings is 1. The van der Waals surface area contributed by atoms with Gasteiger partial charge in [-0.1, -0.05) is 11.6 Å². The lowest BCUT2D eigenvalue weighted by Gasteiger charge is -2.11. The van der Waals surface area contributed by atoms with Crippen molar-refractivity contribution >= 4 is 27.5 Å². The van der Waals surface area contributed by atoms with Crippen LogP contribution in [-0.4, -0.2) is 5.11 Å². The molecule has 1 atom stereocenters. The van der Waals surface area contributed by atoms with E-state index < -0.39 is 0 Å². The molecule has 0 unspecified atom stereocenters. The summed E-state index contributed by atoms with van der Waals surface area (Å²) in [6.45, 7) is 1.77. The van der Waals surface area contributed by atoms with Crippen molar-refractivity contribution in [3.05, 3.63) is 27.2 Å². The minimum absolute atomic E-state index is 0.123. The number of phenols is 1. The average molecular weight is 251 g/mol. The van der Waals surface area contributed by atoms with Crippen molar-refractivity contribution in [1.29, 1.82) is 0 Å². The van der Waals surface area contributed by atoms with Crippen molar-refractivity contribution < 1.29 is 5.11 Å². The highest BCUT2D eigenvalue weighted by Crippen LogP contribution is 2.36. The summed E-state index contributed by atoms with van der Waals surface area (Å²) in [6.07, 6.45) is 0. The van der Waals surface area contributed by atoms with Gasteiger partial charge in [-0.15, -0.1) is 0 Å². The van der Waals surface area contributed by atoms with E-state index in [-0.39, 0.29) is 11.8 Å². The normalized spacial score (nSPS) is 13.0. The molecule has 0 amide bonds. The molecule has 4 heteroatoms. The molecule has 1 aromatic rings.